The number of benzene rings is 1. The smallest absolute Gasteiger partial charge is 0.272 e. The quantitative estimate of drug-likeness (QED) is 0.496. The summed E-state index contributed by atoms with van der Waals surface area (Å²) in [5.74, 6) is -0.480. The second-order valence-corrected chi connectivity index (χ2v) is 6.58. The highest BCUT2D eigenvalue weighted by atomic mass is 35.5. The number of nitrogens with one attached hydrogen (secondary N) is 4. The lowest BCUT2D eigenvalue weighted by molar-refractivity contribution is -0.117. The Bertz CT molecular complexity index is 1020. The molecule has 142 valence electrons. The molecule has 10 heteroatoms. The van der Waals surface area contributed by atoms with Crippen molar-refractivity contribution in [2.24, 2.45) is 0 Å². The minimum Gasteiger partial charge on any atom is -0.366 e. The van der Waals surface area contributed by atoms with Crippen molar-refractivity contribution in [1.29, 1.82) is 0 Å². The third kappa shape index (κ3) is 3.79. The molecule has 0 saturated carbocycles. The molecule has 9 nitrogen and oxygen atoms in total. The molecule has 2 aromatic heterocycles. The number of fused-ring (bicyclic) bond motifs is 1. The van der Waals surface area contributed by atoms with Crippen LogP contribution in [0.4, 0.5) is 11.5 Å². The lowest BCUT2D eigenvalue weighted by Gasteiger charge is -2.14. The van der Waals surface area contributed by atoms with Gasteiger partial charge in [0.15, 0.2) is 11.0 Å². The van der Waals surface area contributed by atoms with Crippen molar-refractivity contribution >= 4 is 34.9 Å². The molecule has 1 aromatic carbocycles. The van der Waals surface area contributed by atoms with E-state index in [9.17, 15) is 9.59 Å². The molecule has 4 rings (SSSR count). The topological polar surface area (TPSA) is 125 Å². The number of halogens is 1. The number of amides is 2. The molecule has 2 amide bonds. The zero-order valence-electron chi connectivity index (χ0n) is 14.6. The Balaban J connectivity index is 1.43. The number of aromatic amines is 1. The molecular weight excluding hydrogens is 382 g/mol. The minimum atomic E-state index is -0.827. The van der Waals surface area contributed by atoms with Gasteiger partial charge in [-0.25, -0.2) is 9.97 Å². The molecule has 4 N–H and O–H groups in total. The van der Waals surface area contributed by atoms with Gasteiger partial charge in [-0.1, -0.05) is 41.9 Å². The van der Waals surface area contributed by atoms with Gasteiger partial charge in [0.1, 0.15) is 23.8 Å². The van der Waals surface area contributed by atoms with Crippen LogP contribution in [0.3, 0.4) is 0 Å². The van der Waals surface area contributed by atoms with Crippen LogP contribution >= 0.6 is 11.6 Å². The Hall–Kier alpha value is -3.46. The molecule has 0 fully saturated rings. The van der Waals surface area contributed by atoms with E-state index >= 15 is 0 Å². The van der Waals surface area contributed by atoms with Crippen molar-refractivity contribution in [2.45, 2.75) is 12.5 Å². The number of carbonyl (C=O) groups excluding carboxylic acids is 2. The number of anilines is 2. The van der Waals surface area contributed by atoms with Crippen molar-refractivity contribution in [1.82, 2.24) is 25.5 Å². The van der Waals surface area contributed by atoms with Crippen LogP contribution in [0.1, 0.15) is 21.7 Å². The van der Waals surface area contributed by atoms with E-state index in [-0.39, 0.29) is 23.1 Å². The van der Waals surface area contributed by atoms with E-state index in [1.165, 1.54) is 6.33 Å². The van der Waals surface area contributed by atoms with Crippen LogP contribution in [0.2, 0.25) is 5.15 Å². The molecule has 0 bridgehead atoms. The summed E-state index contributed by atoms with van der Waals surface area (Å²) in [6.07, 6.45) is 1.91. The van der Waals surface area contributed by atoms with E-state index in [4.69, 9.17) is 11.6 Å². The van der Waals surface area contributed by atoms with Gasteiger partial charge in [0.2, 0.25) is 5.91 Å². The standard InChI is InChI=1S/C18H16ClN7O2/c19-15-14-16(22-9-21-15)20-8-13(18(28)24-14)23-17(27)12-7-11(25-26-12)6-10-4-2-1-3-5-10/h1-5,7,9,13H,6,8H2,(H,23,27)(H,24,28)(H,25,26)(H,20,21,22)/t13-/m0/s1. The number of carbonyl (C=O) groups is 2. The van der Waals surface area contributed by atoms with Crippen molar-refractivity contribution in [3.05, 3.63) is 64.8 Å². The van der Waals surface area contributed by atoms with Crippen LogP contribution in [0.5, 0.6) is 0 Å². The van der Waals surface area contributed by atoms with Crippen LogP contribution in [-0.2, 0) is 11.2 Å². The first-order valence-corrected chi connectivity index (χ1v) is 8.92. The van der Waals surface area contributed by atoms with Crippen LogP contribution < -0.4 is 16.0 Å². The lowest BCUT2D eigenvalue weighted by Crippen LogP contribution is -2.46. The number of H-pyrrole nitrogens is 1. The normalized spacial score (nSPS) is 15.8. The van der Waals surface area contributed by atoms with E-state index < -0.39 is 17.9 Å². The zero-order valence-corrected chi connectivity index (χ0v) is 15.3. The van der Waals surface area contributed by atoms with E-state index in [0.717, 1.165) is 11.3 Å². The minimum absolute atomic E-state index is 0.121. The Labute approximate surface area is 164 Å². The highest BCUT2D eigenvalue weighted by molar-refractivity contribution is 6.33. The average Bonchev–Trinajstić information content (AvgIpc) is 3.10. The largest absolute Gasteiger partial charge is 0.366 e. The monoisotopic (exact) mass is 397 g/mol. The number of rotatable bonds is 4. The molecule has 0 saturated heterocycles. The maximum absolute atomic E-state index is 12.5. The first-order valence-electron chi connectivity index (χ1n) is 8.54. The highest BCUT2D eigenvalue weighted by Gasteiger charge is 2.28. The van der Waals surface area contributed by atoms with Gasteiger partial charge < -0.3 is 16.0 Å². The maximum Gasteiger partial charge on any atom is 0.272 e. The first kappa shape index (κ1) is 17.9. The Kier molecular flexibility index (Phi) is 4.90. The van der Waals surface area contributed by atoms with Crippen molar-refractivity contribution < 1.29 is 9.59 Å². The molecule has 1 aliphatic rings. The Morgan fingerprint density at radius 3 is 2.89 bits per heavy atom. The van der Waals surface area contributed by atoms with Gasteiger partial charge >= 0.3 is 0 Å². The van der Waals surface area contributed by atoms with Gasteiger partial charge in [0, 0.05) is 18.7 Å². The molecule has 3 aromatic rings. The van der Waals surface area contributed by atoms with Gasteiger partial charge in [-0.05, 0) is 11.6 Å². The van der Waals surface area contributed by atoms with Crippen molar-refractivity contribution in [3.8, 4) is 0 Å². The number of hydrogen-bond acceptors (Lipinski definition) is 6. The summed E-state index contributed by atoms with van der Waals surface area (Å²) >= 11 is 5.99. The fourth-order valence-corrected chi connectivity index (χ4v) is 3.02. The summed E-state index contributed by atoms with van der Waals surface area (Å²) in [5, 5.41) is 15.3. The third-order valence-electron chi connectivity index (χ3n) is 4.25. The summed E-state index contributed by atoms with van der Waals surface area (Å²) in [6, 6.07) is 10.7. The third-order valence-corrected chi connectivity index (χ3v) is 4.53. The molecule has 3 heterocycles. The second-order valence-electron chi connectivity index (χ2n) is 6.23. The molecular formula is C18H16ClN7O2. The molecule has 0 unspecified atom stereocenters. The predicted molar refractivity (Wildman–Crippen MR) is 103 cm³/mol. The molecule has 0 aliphatic carbocycles. The summed E-state index contributed by atoms with van der Waals surface area (Å²) in [6.45, 7) is 0.152. The predicted octanol–water partition coefficient (Wildman–Crippen LogP) is 1.61. The van der Waals surface area contributed by atoms with Gasteiger partial charge in [0.05, 0.1) is 0 Å². The second kappa shape index (κ2) is 7.65. The summed E-state index contributed by atoms with van der Waals surface area (Å²) < 4.78 is 0. The van der Waals surface area contributed by atoms with E-state index in [2.05, 4.69) is 36.1 Å². The Morgan fingerprint density at radius 1 is 1.25 bits per heavy atom. The summed E-state index contributed by atoms with van der Waals surface area (Å²) in [7, 11) is 0. The van der Waals surface area contributed by atoms with Crippen molar-refractivity contribution in [2.75, 3.05) is 17.2 Å². The van der Waals surface area contributed by atoms with Gasteiger partial charge in [-0.2, -0.15) is 5.10 Å². The van der Waals surface area contributed by atoms with Gasteiger partial charge in [-0.15, -0.1) is 0 Å². The maximum atomic E-state index is 12.5. The lowest BCUT2D eigenvalue weighted by atomic mass is 10.1. The van der Waals surface area contributed by atoms with Crippen LogP contribution in [0.25, 0.3) is 0 Å². The summed E-state index contributed by atoms with van der Waals surface area (Å²) in [5.41, 5.74) is 2.39. The van der Waals surface area contributed by atoms with Crippen LogP contribution in [0.15, 0.2) is 42.7 Å². The fraction of sp³-hybridized carbons (Fsp3) is 0.167. The fourth-order valence-electron chi connectivity index (χ4n) is 2.84. The zero-order chi connectivity index (χ0) is 19.5. The first-order chi connectivity index (χ1) is 13.6. The van der Waals surface area contributed by atoms with Gasteiger partial charge in [-0.3, -0.25) is 14.7 Å². The van der Waals surface area contributed by atoms with Crippen LogP contribution in [0, 0.1) is 0 Å². The Morgan fingerprint density at radius 2 is 2.07 bits per heavy atom. The number of aromatic nitrogens is 4. The molecule has 0 radical (unpaired) electrons. The molecule has 28 heavy (non-hydrogen) atoms. The number of nitrogens with zero attached hydrogens (tertiary/aromatic N) is 3. The van der Waals surface area contributed by atoms with E-state index in [0.29, 0.717) is 12.2 Å². The molecule has 1 aliphatic heterocycles. The van der Waals surface area contributed by atoms with E-state index in [1.54, 1.807) is 6.07 Å². The van der Waals surface area contributed by atoms with E-state index in [1.807, 2.05) is 30.3 Å². The SMILES string of the molecule is O=C(N[C@H]1CNc2ncnc(Cl)c2NC1=O)c1cc(Cc2ccccc2)[nH]n1. The average molecular weight is 398 g/mol. The van der Waals surface area contributed by atoms with Crippen LogP contribution in [-0.4, -0.2) is 44.6 Å². The molecule has 1 atom stereocenters. The molecule has 0 spiro atoms. The highest BCUT2D eigenvalue weighted by Crippen LogP contribution is 2.27. The summed E-state index contributed by atoms with van der Waals surface area (Å²) in [4.78, 5) is 32.8. The number of hydrogen-bond donors (Lipinski definition) is 4. The van der Waals surface area contributed by atoms with Crippen molar-refractivity contribution in [3.63, 3.8) is 0 Å². The van der Waals surface area contributed by atoms with Gasteiger partial charge in [0.25, 0.3) is 5.91 Å².